The van der Waals surface area contributed by atoms with Crippen LogP contribution >= 0.6 is 23.2 Å². The number of nitrogens with zero attached hydrogens (tertiary/aromatic N) is 2. The zero-order chi connectivity index (χ0) is 19.6. The largest absolute Gasteiger partial charge is 0.496 e. The van der Waals surface area contributed by atoms with Crippen molar-refractivity contribution >= 4 is 35.0 Å². The molecule has 2 fully saturated rings. The van der Waals surface area contributed by atoms with E-state index in [9.17, 15) is 9.59 Å². The summed E-state index contributed by atoms with van der Waals surface area (Å²) in [7, 11) is 1.58. The van der Waals surface area contributed by atoms with Crippen molar-refractivity contribution in [1.29, 1.82) is 0 Å². The second kappa shape index (κ2) is 8.53. The Kier molecular flexibility index (Phi) is 6.33. The molecule has 2 atom stereocenters. The molecule has 3 rings (SSSR count). The Balaban J connectivity index is 1.58. The monoisotopic (exact) mass is 410 g/mol. The van der Waals surface area contributed by atoms with Gasteiger partial charge in [0.2, 0.25) is 11.8 Å². The average molecular weight is 411 g/mol. The molecule has 0 saturated carbocycles. The van der Waals surface area contributed by atoms with Gasteiger partial charge in [0.1, 0.15) is 5.75 Å². The van der Waals surface area contributed by atoms with Crippen LogP contribution in [0.4, 0.5) is 0 Å². The van der Waals surface area contributed by atoms with Gasteiger partial charge in [0.25, 0.3) is 0 Å². The van der Waals surface area contributed by atoms with Crippen molar-refractivity contribution in [2.45, 2.75) is 19.3 Å². The second-order valence-electron chi connectivity index (χ2n) is 7.17. The van der Waals surface area contributed by atoms with Gasteiger partial charge in [-0.15, -0.1) is 0 Å². The normalized spacial score (nSPS) is 21.7. The molecule has 1 aromatic carbocycles. The van der Waals surface area contributed by atoms with Gasteiger partial charge in [0.05, 0.1) is 17.2 Å². The first kappa shape index (κ1) is 20.0. The van der Waals surface area contributed by atoms with E-state index in [-0.39, 0.29) is 11.8 Å². The molecule has 5 nitrogen and oxygen atoms in total. The molecule has 146 valence electrons. The summed E-state index contributed by atoms with van der Waals surface area (Å²) in [5.74, 6) is 1.58. The number of carbonyl (C=O) groups is 2. The second-order valence-corrected chi connectivity index (χ2v) is 7.99. The lowest BCUT2D eigenvalue weighted by Crippen LogP contribution is -2.43. The molecule has 0 aliphatic carbocycles. The van der Waals surface area contributed by atoms with Crippen molar-refractivity contribution in [3.63, 3.8) is 0 Å². The first-order valence-electron chi connectivity index (χ1n) is 9.14. The van der Waals surface area contributed by atoms with E-state index in [0.29, 0.717) is 53.6 Å². The molecule has 27 heavy (non-hydrogen) atoms. The molecule has 2 aliphatic heterocycles. The zero-order valence-corrected chi connectivity index (χ0v) is 16.9. The number of benzene rings is 1. The molecule has 0 spiro atoms. The van der Waals surface area contributed by atoms with Crippen LogP contribution in [0.5, 0.6) is 5.75 Å². The van der Waals surface area contributed by atoms with Crippen LogP contribution in [-0.4, -0.2) is 54.9 Å². The van der Waals surface area contributed by atoms with Crippen LogP contribution in [0.1, 0.15) is 18.4 Å². The number of amides is 2. The van der Waals surface area contributed by atoms with E-state index in [1.54, 1.807) is 19.2 Å². The Morgan fingerprint density at radius 1 is 1.19 bits per heavy atom. The lowest BCUT2D eigenvalue weighted by Gasteiger charge is -2.34. The number of hydrogen-bond donors (Lipinski definition) is 0. The number of ether oxygens (including phenoxy) is 1. The van der Waals surface area contributed by atoms with Gasteiger partial charge in [-0.1, -0.05) is 29.8 Å². The van der Waals surface area contributed by atoms with Gasteiger partial charge in [-0.2, -0.15) is 0 Å². The fourth-order valence-corrected chi connectivity index (χ4v) is 4.40. The van der Waals surface area contributed by atoms with Crippen molar-refractivity contribution in [3.8, 4) is 5.75 Å². The predicted octanol–water partition coefficient (Wildman–Crippen LogP) is 3.43. The summed E-state index contributed by atoms with van der Waals surface area (Å²) in [5.41, 5.74) is 0.874. The molecule has 0 bridgehead atoms. The molecule has 2 heterocycles. The highest BCUT2D eigenvalue weighted by Gasteiger charge is 2.39. The Bertz CT molecular complexity index is 753. The molecular weight excluding hydrogens is 387 g/mol. The molecule has 2 unspecified atom stereocenters. The summed E-state index contributed by atoms with van der Waals surface area (Å²) in [4.78, 5) is 28.3. The van der Waals surface area contributed by atoms with E-state index in [1.165, 1.54) is 6.08 Å². The minimum atomic E-state index is -0.0195. The van der Waals surface area contributed by atoms with Gasteiger partial charge in [-0.05, 0) is 42.4 Å². The van der Waals surface area contributed by atoms with Gasteiger partial charge in [-0.3, -0.25) is 9.59 Å². The van der Waals surface area contributed by atoms with E-state index in [2.05, 4.69) is 6.58 Å². The Morgan fingerprint density at radius 3 is 2.56 bits per heavy atom. The minimum Gasteiger partial charge on any atom is -0.496 e. The number of piperidine rings is 1. The van der Waals surface area contributed by atoms with E-state index >= 15 is 0 Å². The van der Waals surface area contributed by atoms with Crippen LogP contribution in [0.15, 0.2) is 24.8 Å². The van der Waals surface area contributed by atoms with Crippen LogP contribution in [0, 0.1) is 11.8 Å². The molecule has 0 N–H and O–H groups in total. The van der Waals surface area contributed by atoms with Crippen LogP contribution in [-0.2, 0) is 16.0 Å². The number of fused-ring (bicyclic) bond motifs is 1. The maximum absolute atomic E-state index is 12.7. The molecular formula is C20H24Cl2N2O3. The third-order valence-corrected chi connectivity index (χ3v) is 6.29. The number of halogens is 2. The molecule has 2 aliphatic rings. The number of carbonyl (C=O) groups excluding carboxylic acids is 2. The first-order chi connectivity index (χ1) is 12.9. The van der Waals surface area contributed by atoms with Crippen LogP contribution in [0.3, 0.4) is 0 Å². The highest BCUT2D eigenvalue weighted by atomic mass is 35.5. The Labute approximate surface area is 169 Å². The van der Waals surface area contributed by atoms with Gasteiger partial charge < -0.3 is 14.5 Å². The number of rotatable bonds is 5. The smallest absolute Gasteiger partial charge is 0.245 e. The van der Waals surface area contributed by atoms with Gasteiger partial charge >= 0.3 is 0 Å². The standard InChI is InChI=1S/C20H24Cl2N2O3/c1-3-19(25)24-10-14-6-7-23(11-15(14)12-24)20(26)5-4-13-8-16(21)17(22)9-18(13)27-2/h3,8-9,14-15H,1,4-7,10-12H2,2H3. The predicted molar refractivity (Wildman–Crippen MR) is 106 cm³/mol. The third kappa shape index (κ3) is 4.41. The summed E-state index contributed by atoms with van der Waals surface area (Å²) in [6.45, 7) is 6.50. The average Bonchev–Trinajstić information content (AvgIpc) is 3.10. The number of hydrogen-bond acceptors (Lipinski definition) is 3. The van der Waals surface area contributed by atoms with Crippen LogP contribution in [0.25, 0.3) is 0 Å². The Hall–Kier alpha value is -1.72. The quantitative estimate of drug-likeness (QED) is 0.698. The molecule has 2 amide bonds. The lowest BCUT2D eigenvalue weighted by molar-refractivity contribution is -0.133. The number of aryl methyl sites for hydroxylation is 1. The van der Waals surface area contributed by atoms with E-state index in [4.69, 9.17) is 27.9 Å². The van der Waals surface area contributed by atoms with Crippen molar-refractivity contribution in [2.75, 3.05) is 33.3 Å². The van der Waals surface area contributed by atoms with E-state index < -0.39 is 0 Å². The van der Waals surface area contributed by atoms with Gasteiger partial charge in [-0.25, -0.2) is 0 Å². The van der Waals surface area contributed by atoms with Crippen molar-refractivity contribution in [2.24, 2.45) is 11.8 Å². The molecule has 2 saturated heterocycles. The highest BCUT2D eigenvalue weighted by molar-refractivity contribution is 6.42. The molecule has 0 aromatic heterocycles. The third-order valence-electron chi connectivity index (χ3n) is 5.57. The molecule has 1 aromatic rings. The summed E-state index contributed by atoms with van der Waals surface area (Å²) in [6.07, 6.45) is 3.24. The van der Waals surface area contributed by atoms with Crippen molar-refractivity contribution in [3.05, 3.63) is 40.4 Å². The first-order valence-corrected chi connectivity index (χ1v) is 9.89. The highest BCUT2D eigenvalue weighted by Crippen LogP contribution is 2.33. The van der Waals surface area contributed by atoms with Crippen LogP contribution in [0.2, 0.25) is 10.0 Å². The summed E-state index contributed by atoms with van der Waals surface area (Å²) >= 11 is 12.1. The van der Waals surface area contributed by atoms with Gasteiger partial charge in [0.15, 0.2) is 0 Å². The van der Waals surface area contributed by atoms with Crippen molar-refractivity contribution in [1.82, 2.24) is 9.80 Å². The van der Waals surface area contributed by atoms with Crippen LogP contribution < -0.4 is 4.74 Å². The van der Waals surface area contributed by atoms with Gasteiger partial charge in [0, 0.05) is 38.7 Å². The van der Waals surface area contributed by atoms with Crippen molar-refractivity contribution < 1.29 is 14.3 Å². The Morgan fingerprint density at radius 2 is 1.85 bits per heavy atom. The summed E-state index contributed by atoms with van der Waals surface area (Å²) in [6, 6.07) is 3.44. The number of methoxy groups -OCH3 is 1. The number of likely N-dealkylation sites (tertiary alicyclic amines) is 2. The SMILES string of the molecule is C=CC(=O)N1CC2CCN(C(=O)CCc3cc(Cl)c(Cl)cc3OC)CC2C1. The lowest BCUT2D eigenvalue weighted by atomic mass is 9.88. The maximum atomic E-state index is 12.7. The fourth-order valence-electron chi connectivity index (χ4n) is 4.06. The molecule has 7 heteroatoms. The summed E-state index contributed by atoms with van der Waals surface area (Å²) in [5, 5.41) is 0.893. The molecule has 0 radical (unpaired) electrons. The zero-order valence-electron chi connectivity index (χ0n) is 15.4. The fraction of sp³-hybridized carbons (Fsp3) is 0.500. The maximum Gasteiger partial charge on any atom is 0.245 e. The topological polar surface area (TPSA) is 49.9 Å². The summed E-state index contributed by atoms with van der Waals surface area (Å²) < 4.78 is 5.35. The van der Waals surface area contributed by atoms with E-state index in [0.717, 1.165) is 25.1 Å². The van der Waals surface area contributed by atoms with E-state index in [1.807, 2.05) is 9.80 Å². The minimum absolute atomic E-state index is 0.0195.